The quantitative estimate of drug-likeness (QED) is 0.0854. The first-order chi connectivity index (χ1) is 29.8. The highest BCUT2D eigenvalue weighted by Gasteiger charge is 2.20. The van der Waals surface area contributed by atoms with Crippen LogP contribution in [0.2, 0.25) is 0 Å². The fourth-order valence-corrected chi connectivity index (χ4v) is 8.56. The molecule has 14 heteroatoms. The van der Waals surface area contributed by atoms with Crippen molar-refractivity contribution in [3.63, 3.8) is 0 Å². The first-order valence-electron chi connectivity index (χ1n) is 21.1. The molecule has 338 valence electrons. The van der Waals surface area contributed by atoms with Crippen LogP contribution in [-0.2, 0) is 12.8 Å². The van der Waals surface area contributed by atoms with Gasteiger partial charge in [0.25, 0.3) is 5.91 Å². The Morgan fingerprint density at radius 1 is 0.672 bits per heavy atom. The summed E-state index contributed by atoms with van der Waals surface area (Å²) in [4.78, 5) is 48.5. The molecule has 0 atom stereocenters. The molecule has 1 aliphatic rings. The first kappa shape index (κ1) is 51.4. The average molecular weight is 986 g/mol. The summed E-state index contributed by atoms with van der Waals surface area (Å²) < 4.78 is 0. The molecule has 0 aliphatic carbocycles. The van der Waals surface area contributed by atoms with E-state index in [0.717, 1.165) is 107 Å². The van der Waals surface area contributed by atoms with E-state index in [1.54, 1.807) is 46.9 Å². The van der Waals surface area contributed by atoms with Crippen molar-refractivity contribution in [1.29, 1.82) is 0 Å². The van der Waals surface area contributed by atoms with Gasteiger partial charge in [0.15, 0.2) is 0 Å². The van der Waals surface area contributed by atoms with Gasteiger partial charge in [0.05, 0.1) is 51.0 Å². The number of halogens is 2. The number of amides is 1. The van der Waals surface area contributed by atoms with Crippen molar-refractivity contribution in [2.75, 3.05) is 40.3 Å². The van der Waals surface area contributed by atoms with Crippen molar-refractivity contribution in [3.8, 4) is 22.5 Å². The number of carbonyl (C=O) groups excluding carboxylic acids is 1. The van der Waals surface area contributed by atoms with Crippen LogP contribution in [0.15, 0.2) is 93.5 Å². The molecule has 4 aromatic carbocycles. The number of carboxylic acid groups (broad SMARTS) is 1. The number of hydrogen-bond acceptors (Lipinski definition) is 8. The number of carboxylic acids is 1. The largest absolute Gasteiger partial charge is 0.478 e. The summed E-state index contributed by atoms with van der Waals surface area (Å²) in [6, 6.07) is 23.4. The summed E-state index contributed by atoms with van der Waals surface area (Å²) in [7, 11) is 4.04. The van der Waals surface area contributed by atoms with Crippen LogP contribution in [-0.4, -0.2) is 94.6 Å². The van der Waals surface area contributed by atoms with Gasteiger partial charge in [-0.05, 0) is 124 Å². The monoisotopic (exact) mass is 983 g/mol. The van der Waals surface area contributed by atoms with Gasteiger partial charge in [0, 0.05) is 80.6 Å². The Hall–Kier alpha value is -5.21. The van der Waals surface area contributed by atoms with E-state index in [9.17, 15) is 9.59 Å². The van der Waals surface area contributed by atoms with Crippen LogP contribution in [0, 0.1) is 27.7 Å². The average Bonchev–Trinajstić information content (AvgIpc) is 4.09. The van der Waals surface area contributed by atoms with Gasteiger partial charge < -0.3 is 19.8 Å². The van der Waals surface area contributed by atoms with E-state index >= 15 is 0 Å². The molecule has 0 spiro atoms. The lowest BCUT2D eigenvalue weighted by atomic mass is 10.0. The van der Waals surface area contributed by atoms with E-state index in [0.29, 0.717) is 0 Å². The Kier molecular flexibility index (Phi) is 19.4. The van der Waals surface area contributed by atoms with Gasteiger partial charge in [0.2, 0.25) is 0 Å². The number of thiazole rings is 2. The molecule has 0 bridgehead atoms. The second-order valence-corrected chi connectivity index (χ2v) is 17.7. The maximum Gasteiger partial charge on any atom is 0.335 e. The maximum absolute atomic E-state index is 12.6. The highest BCUT2D eigenvalue weighted by Crippen LogP contribution is 2.30. The molecule has 6 aromatic rings. The van der Waals surface area contributed by atoms with E-state index in [1.807, 2.05) is 66.2 Å². The van der Waals surface area contributed by atoms with Crippen molar-refractivity contribution < 1.29 is 14.7 Å². The fourth-order valence-electron chi connectivity index (χ4n) is 6.91. The Labute approximate surface area is 403 Å². The highest BCUT2D eigenvalue weighted by molar-refractivity contribution is 8.93. The summed E-state index contributed by atoms with van der Waals surface area (Å²) >= 11 is 3.31. The molecule has 2 aromatic heterocycles. The van der Waals surface area contributed by atoms with Crippen LogP contribution in [0.3, 0.4) is 0 Å². The normalized spacial score (nSPS) is 12.2. The minimum atomic E-state index is -0.921. The number of aromatic carboxylic acids is 1. The zero-order valence-corrected chi connectivity index (χ0v) is 42.1. The molecule has 0 saturated carbocycles. The third kappa shape index (κ3) is 13.7. The molecule has 1 amide bonds. The van der Waals surface area contributed by atoms with Gasteiger partial charge in [-0.3, -0.25) is 4.79 Å². The third-order valence-corrected chi connectivity index (χ3v) is 12.8. The summed E-state index contributed by atoms with van der Waals surface area (Å²) in [6.07, 6.45) is 7.54. The summed E-state index contributed by atoms with van der Waals surface area (Å²) in [5, 5.41) is 15.3. The number of rotatable bonds is 14. The number of nitrogens with zero attached hydrogens (tertiary/aromatic N) is 7. The van der Waals surface area contributed by atoms with Gasteiger partial charge in [-0.1, -0.05) is 36.4 Å². The van der Waals surface area contributed by atoms with Crippen LogP contribution in [0.1, 0.15) is 90.8 Å². The number of likely N-dealkylation sites (tertiary alicyclic amines) is 1. The number of hydrogen-bond donors (Lipinski definition) is 1. The molecular weight excluding hydrogens is 926 g/mol. The second-order valence-electron chi connectivity index (χ2n) is 15.8. The molecule has 1 saturated heterocycles. The summed E-state index contributed by atoms with van der Waals surface area (Å²) in [5.41, 5.74) is 14.1. The zero-order chi connectivity index (χ0) is 44.3. The topological polar surface area (TPSA) is 115 Å². The predicted molar refractivity (Wildman–Crippen MR) is 275 cm³/mol. The Morgan fingerprint density at radius 2 is 1.08 bits per heavy atom. The van der Waals surface area contributed by atoms with Crippen LogP contribution in [0.25, 0.3) is 22.5 Å². The molecule has 3 heterocycles. The van der Waals surface area contributed by atoms with Crippen molar-refractivity contribution in [1.82, 2.24) is 24.7 Å². The number of benzene rings is 4. The van der Waals surface area contributed by atoms with Crippen LogP contribution in [0.4, 0.5) is 11.4 Å². The molecule has 1 N–H and O–H groups in total. The molecule has 1 aliphatic heterocycles. The van der Waals surface area contributed by atoms with Crippen molar-refractivity contribution in [2.24, 2.45) is 9.98 Å². The van der Waals surface area contributed by atoms with E-state index < -0.39 is 5.97 Å². The number of aliphatic imine (C=N–C) groups is 2. The van der Waals surface area contributed by atoms with E-state index in [-0.39, 0.29) is 40.9 Å². The van der Waals surface area contributed by atoms with Crippen molar-refractivity contribution in [2.45, 2.75) is 67.2 Å². The Bertz CT molecular complexity index is 2550. The van der Waals surface area contributed by atoms with Crippen molar-refractivity contribution >= 4 is 88.0 Å². The van der Waals surface area contributed by atoms with E-state index in [1.165, 1.54) is 27.8 Å². The lowest BCUT2D eigenvalue weighted by Gasteiger charge is -2.15. The minimum Gasteiger partial charge on any atom is -0.478 e. The fraction of sp³-hybridized carbons (Fsp3) is 0.320. The second kappa shape index (κ2) is 24.2. The zero-order valence-electron chi connectivity index (χ0n) is 37.9. The Morgan fingerprint density at radius 3 is 1.47 bits per heavy atom. The molecule has 10 nitrogen and oxygen atoms in total. The molecule has 7 rings (SSSR count). The van der Waals surface area contributed by atoms with Crippen LogP contribution in [0.5, 0.6) is 0 Å². The van der Waals surface area contributed by atoms with Crippen LogP contribution < -0.4 is 0 Å². The number of carbonyl (C=O) groups is 2. The van der Waals surface area contributed by atoms with Gasteiger partial charge in [-0.25, -0.2) is 24.7 Å². The van der Waals surface area contributed by atoms with Gasteiger partial charge in [-0.2, -0.15) is 0 Å². The SMILES string of the molecule is Br.CCN(C)C=Nc1cc(C)c(Cc2nc(-c3ccc(C(=O)N4CCCC4)cc3)cs2)cc1C.CCN(C)C=Nc1cc(C)c(Cc2nc(-c3ccc(C(=O)O)cc3)cs2)cc1C.Cl. The van der Waals surface area contributed by atoms with Crippen LogP contribution >= 0.6 is 52.1 Å². The molecular formula is C50H59BrClN7O3S2. The standard InChI is InChI=1S/C27H32N4OS.C23H25N3O2S.BrH.ClH/c1-5-30(4)18-28-24-15-19(2)23(14-20(24)3)16-26-29-25(17-33-26)21-8-10-22(11-9-21)27(32)31-12-6-7-13-31;1-5-26(4)14-24-20-11-15(2)19(10-16(20)3)12-22-25-21(13-29-22)17-6-8-18(9-7-17)23(27)28;;/h8-11,14-15,17-18H,5-7,12-13,16H2,1-4H3;6-11,13-14H,5,12H2,1-4H3,(H,27,28);2*1H. The van der Waals surface area contributed by atoms with Crippen molar-refractivity contribution in [3.05, 3.63) is 138 Å². The van der Waals surface area contributed by atoms with Gasteiger partial charge >= 0.3 is 5.97 Å². The lowest BCUT2D eigenvalue weighted by molar-refractivity contribution is 0.0696. The highest BCUT2D eigenvalue weighted by atomic mass is 79.9. The summed E-state index contributed by atoms with van der Waals surface area (Å²) in [6.45, 7) is 16.2. The molecule has 0 radical (unpaired) electrons. The van der Waals surface area contributed by atoms with E-state index in [4.69, 9.17) is 15.1 Å². The minimum absolute atomic E-state index is 0. The maximum atomic E-state index is 12.6. The number of aryl methyl sites for hydroxylation is 4. The first-order valence-corrected chi connectivity index (χ1v) is 22.9. The lowest BCUT2D eigenvalue weighted by Crippen LogP contribution is -2.27. The summed E-state index contributed by atoms with van der Waals surface area (Å²) in [5.74, 6) is -0.784. The number of aromatic nitrogens is 2. The molecule has 0 unspecified atom stereocenters. The van der Waals surface area contributed by atoms with Gasteiger partial charge in [0.1, 0.15) is 0 Å². The molecule has 1 fully saturated rings. The van der Waals surface area contributed by atoms with Gasteiger partial charge in [-0.15, -0.1) is 52.1 Å². The molecule has 64 heavy (non-hydrogen) atoms. The van der Waals surface area contributed by atoms with E-state index in [2.05, 4.69) is 86.1 Å². The Balaban J connectivity index is 0.000000274. The third-order valence-electron chi connectivity index (χ3n) is 11.1. The predicted octanol–water partition coefficient (Wildman–Crippen LogP) is 12.2. The smallest absolute Gasteiger partial charge is 0.335 e.